The molecule has 1 aromatic rings. The fraction of sp³-hybridized carbons (Fsp3) is 0.556. The summed E-state index contributed by atoms with van der Waals surface area (Å²) in [6.07, 6.45) is 0. The molecule has 1 aliphatic rings. The van der Waals surface area contributed by atoms with Gasteiger partial charge in [0.15, 0.2) is 6.54 Å². The highest BCUT2D eigenvalue weighted by molar-refractivity contribution is 7.89. The largest absolute Gasteiger partial charge is 0.333 e. The SMILES string of the molecule is CC(C)[C@@](C)(C#N)NC(=O)C[NH+]1CCN(S(=O)(=O)c2ccc(F)cc2)CC1. The van der Waals surface area contributed by atoms with Crippen LogP contribution in [0.4, 0.5) is 4.39 Å². The van der Waals surface area contributed by atoms with Crippen LogP contribution < -0.4 is 10.2 Å². The molecular weight excluding hydrogens is 371 g/mol. The molecule has 1 aliphatic heterocycles. The average Bonchev–Trinajstić information content (AvgIpc) is 2.62. The van der Waals surface area contributed by atoms with E-state index in [0.29, 0.717) is 13.1 Å². The van der Waals surface area contributed by atoms with Crippen molar-refractivity contribution >= 4 is 15.9 Å². The molecule has 1 fully saturated rings. The van der Waals surface area contributed by atoms with Crippen LogP contribution >= 0.6 is 0 Å². The van der Waals surface area contributed by atoms with E-state index in [2.05, 4.69) is 11.4 Å². The summed E-state index contributed by atoms with van der Waals surface area (Å²) in [6, 6.07) is 6.90. The lowest BCUT2D eigenvalue weighted by atomic mass is 9.90. The number of nitriles is 1. The number of hydrogen-bond donors (Lipinski definition) is 2. The molecule has 9 heteroatoms. The number of hydrogen-bond acceptors (Lipinski definition) is 4. The number of sulfonamides is 1. The van der Waals surface area contributed by atoms with E-state index in [-0.39, 0.29) is 36.4 Å². The molecule has 0 unspecified atom stereocenters. The molecule has 1 atom stereocenters. The van der Waals surface area contributed by atoms with E-state index >= 15 is 0 Å². The summed E-state index contributed by atoms with van der Waals surface area (Å²) < 4.78 is 39.6. The van der Waals surface area contributed by atoms with E-state index in [9.17, 15) is 22.9 Å². The maximum absolute atomic E-state index is 13.0. The molecule has 148 valence electrons. The van der Waals surface area contributed by atoms with E-state index in [1.54, 1.807) is 6.92 Å². The van der Waals surface area contributed by atoms with E-state index < -0.39 is 21.4 Å². The Morgan fingerprint density at radius 2 is 1.89 bits per heavy atom. The normalized spacial score (nSPS) is 18.7. The average molecular weight is 397 g/mol. The highest BCUT2D eigenvalue weighted by atomic mass is 32.2. The molecule has 0 radical (unpaired) electrons. The lowest BCUT2D eigenvalue weighted by molar-refractivity contribution is -0.895. The second kappa shape index (κ2) is 8.33. The standard InChI is InChI=1S/C18H25FN4O3S/c1-14(2)18(3,13-20)21-17(24)12-22-8-10-23(11-9-22)27(25,26)16-6-4-15(19)5-7-16/h4-7,14H,8-12H2,1-3H3,(H,21,24)/p+1/t18-/m1/s1. The fourth-order valence-electron chi connectivity index (χ4n) is 2.84. The topological polar surface area (TPSA) is 94.7 Å². The van der Waals surface area contributed by atoms with Crippen molar-refractivity contribution in [2.75, 3.05) is 32.7 Å². The molecule has 1 heterocycles. The van der Waals surface area contributed by atoms with Gasteiger partial charge < -0.3 is 10.2 Å². The van der Waals surface area contributed by atoms with Crippen LogP contribution in [0.15, 0.2) is 29.2 Å². The highest BCUT2D eigenvalue weighted by Crippen LogP contribution is 2.16. The van der Waals surface area contributed by atoms with Crippen LogP contribution in [-0.4, -0.2) is 56.9 Å². The third kappa shape index (κ3) is 5.03. The van der Waals surface area contributed by atoms with Crippen LogP contribution in [0.2, 0.25) is 0 Å². The lowest BCUT2D eigenvalue weighted by Crippen LogP contribution is -3.16. The Balaban J connectivity index is 1.92. The Bertz CT molecular complexity index is 812. The predicted molar refractivity (Wildman–Crippen MR) is 97.7 cm³/mol. The van der Waals surface area contributed by atoms with Crippen molar-refractivity contribution < 1.29 is 22.5 Å². The van der Waals surface area contributed by atoms with Crippen molar-refractivity contribution in [2.24, 2.45) is 5.92 Å². The molecule has 27 heavy (non-hydrogen) atoms. The number of quaternary nitrogens is 1. The number of amides is 1. The minimum Gasteiger partial charge on any atom is -0.333 e. The lowest BCUT2D eigenvalue weighted by Gasteiger charge is -2.32. The minimum absolute atomic E-state index is 0.0286. The van der Waals surface area contributed by atoms with Crippen molar-refractivity contribution in [3.05, 3.63) is 30.1 Å². The molecule has 7 nitrogen and oxygen atoms in total. The van der Waals surface area contributed by atoms with Gasteiger partial charge in [-0.2, -0.15) is 9.57 Å². The molecule has 0 aliphatic carbocycles. The molecule has 1 amide bonds. The molecule has 1 saturated heterocycles. The van der Waals surface area contributed by atoms with Gasteiger partial charge in [0.05, 0.1) is 37.1 Å². The molecule has 0 saturated carbocycles. The number of rotatable bonds is 6. The third-order valence-electron chi connectivity index (χ3n) is 5.08. The van der Waals surface area contributed by atoms with Gasteiger partial charge in [0.2, 0.25) is 10.0 Å². The first kappa shape index (κ1) is 21.3. The third-order valence-corrected chi connectivity index (χ3v) is 6.99. The van der Waals surface area contributed by atoms with Gasteiger partial charge in [-0.05, 0) is 37.1 Å². The number of halogens is 1. The Morgan fingerprint density at radius 1 is 1.33 bits per heavy atom. The predicted octanol–water partition coefficient (Wildman–Crippen LogP) is -0.231. The Hall–Kier alpha value is -2.02. The molecular formula is C18H26FN4O3S+. The Kier molecular flexibility index (Phi) is 6.57. The second-order valence-corrected chi connectivity index (χ2v) is 9.24. The maximum Gasteiger partial charge on any atom is 0.276 e. The van der Waals surface area contributed by atoms with Gasteiger partial charge in [-0.3, -0.25) is 4.79 Å². The van der Waals surface area contributed by atoms with Gasteiger partial charge >= 0.3 is 0 Å². The summed E-state index contributed by atoms with van der Waals surface area (Å²) in [5.74, 6) is -0.739. The monoisotopic (exact) mass is 397 g/mol. The van der Waals surface area contributed by atoms with E-state index in [4.69, 9.17) is 0 Å². The van der Waals surface area contributed by atoms with Crippen molar-refractivity contribution in [2.45, 2.75) is 31.2 Å². The number of carbonyl (C=O) groups excluding carboxylic acids is 1. The van der Waals surface area contributed by atoms with Gasteiger partial charge in [-0.25, -0.2) is 12.8 Å². The van der Waals surface area contributed by atoms with E-state index in [0.717, 1.165) is 17.0 Å². The first-order valence-corrected chi connectivity index (χ1v) is 10.3. The quantitative estimate of drug-likeness (QED) is 0.693. The van der Waals surface area contributed by atoms with E-state index in [1.165, 1.54) is 16.4 Å². The molecule has 0 aromatic heterocycles. The molecule has 0 spiro atoms. The van der Waals surface area contributed by atoms with Crippen molar-refractivity contribution in [1.29, 1.82) is 5.26 Å². The molecule has 0 bridgehead atoms. The minimum atomic E-state index is -3.66. The number of nitrogens with one attached hydrogen (secondary N) is 2. The zero-order chi connectivity index (χ0) is 20.2. The summed E-state index contributed by atoms with van der Waals surface area (Å²) in [5.41, 5.74) is -0.926. The maximum atomic E-state index is 13.0. The summed E-state index contributed by atoms with van der Waals surface area (Å²) in [6.45, 7) is 7.15. The van der Waals surface area contributed by atoms with Crippen LogP contribution in [-0.2, 0) is 14.8 Å². The Morgan fingerprint density at radius 3 is 2.37 bits per heavy atom. The Labute approximate surface area is 159 Å². The second-order valence-electron chi connectivity index (χ2n) is 7.30. The number of carbonyl (C=O) groups is 1. The summed E-state index contributed by atoms with van der Waals surface area (Å²) >= 11 is 0. The first-order chi connectivity index (χ1) is 12.6. The first-order valence-electron chi connectivity index (χ1n) is 8.90. The summed E-state index contributed by atoms with van der Waals surface area (Å²) in [4.78, 5) is 13.3. The summed E-state index contributed by atoms with van der Waals surface area (Å²) in [5, 5.41) is 12.1. The summed E-state index contributed by atoms with van der Waals surface area (Å²) in [7, 11) is -3.66. The molecule has 2 rings (SSSR count). The smallest absolute Gasteiger partial charge is 0.276 e. The van der Waals surface area contributed by atoms with Crippen molar-refractivity contribution in [1.82, 2.24) is 9.62 Å². The van der Waals surface area contributed by atoms with Crippen molar-refractivity contribution in [3.8, 4) is 6.07 Å². The van der Waals surface area contributed by atoms with Crippen LogP contribution in [0.5, 0.6) is 0 Å². The van der Waals surface area contributed by atoms with Crippen LogP contribution in [0, 0.1) is 23.1 Å². The number of piperazine rings is 1. The van der Waals surface area contributed by atoms with Gasteiger partial charge in [0.1, 0.15) is 11.4 Å². The molecule has 1 aromatic carbocycles. The van der Waals surface area contributed by atoms with Gasteiger partial charge in [-0.1, -0.05) is 13.8 Å². The van der Waals surface area contributed by atoms with Crippen LogP contribution in [0.3, 0.4) is 0 Å². The van der Waals surface area contributed by atoms with Crippen LogP contribution in [0.1, 0.15) is 20.8 Å². The van der Waals surface area contributed by atoms with Crippen LogP contribution in [0.25, 0.3) is 0 Å². The van der Waals surface area contributed by atoms with E-state index in [1.807, 2.05) is 13.8 Å². The fourth-order valence-corrected chi connectivity index (χ4v) is 4.28. The van der Waals surface area contributed by atoms with Gasteiger partial charge in [0, 0.05) is 0 Å². The van der Waals surface area contributed by atoms with Gasteiger partial charge in [-0.15, -0.1) is 0 Å². The highest BCUT2D eigenvalue weighted by Gasteiger charge is 2.34. The number of nitrogens with zero attached hydrogens (tertiary/aromatic N) is 2. The molecule has 2 N–H and O–H groups in total. The van der Waals surface area contributed by atoms with Gasteiger partial charge in [0.25, 0.3) is 5.91 Å². The van der Waals surface area contributed by atoms with Crippen molar-refractivity contribution in [3.63, 3.8) is 0 Å². The number of benzene rings is 1. The zero-order valence-electron chi connectivity index (χ0n) is 15.8. The zero-order valence-corrected chi connectivity index (χ0v) is 16.6.